The molecule has 0 aliphatic heterocycles. The zero-order valence-electron chi connectivity index (χ0n) is 28.2. The Morgan fingerprint density at radius 3 is 1.49 bits per heavy atom. The van der Waals surface area contributed by atoms with E-state index in [0.717, 1.165) is 38.5 Å². The number of hydrogen-bond acceptors (Lipinski definition) is 8. The molecule has 0 unspecified atom stereocenters. The highest BCUT2D eigenvalue weighted by atomic mass is 16.5. The van der Waals surface area contributed by atoms with Crippen LogP contribution in [0.15, 0.2) is 0 Å². The van der Waals surface area contributed by atoms with Gasteiger partial charge < -0.3 is 40.4 Å². The monoisotopic (exact) mass is 674 g/mol. The fourth-order valence-corrected chi connectivity index (χ4v) is 4.69. The van der Waals surface area contributed by atoms with Crippen LogP contribution < -0.4 is 16.0 Å². The first-order valence-corrected chi connectivity index (χ1v) is 17.3. The Hall–Kier alpha value is -2.81. The van der Waals surface area contributed by atoms with Crippen molar-refractivity contribution < 1.29 is 53.5 Å². The molecule has 0 aliphatic rings. The molecule has 3 amide bonds. The normalized spacial score (nSPS) is 11.6. The Kier molecular flexibility index (Phi) is 31.1. The highest BCUT2D eigenvalue weighted by Crippen LogP contribution is 2.14. The summed E-state index contributed by atoms with van der Waals surface area (Å²) in [6.45, 7) is 1.08. The molecule has 0 heterocycles. The SMILES string of the molecule is [O]CCOCCNC(=O)COCCOCCNC(=O)CC[C@H](NC(=O)CCCCCCCCCCCCCCCCC(=O)O)C(=O)O. The number of aliphatic carboxylic acids is 2. The van der Waals surface area contributed by atoms with Crippen molar-refractivity contribution in [2.45, 2.75) is 122 Å². The van der Waals surface area contributed by atoms with Crippen LogP contribution in [0.5, 0.6) is 0 Å². The van der Waals surface area contributed by atoms with Crippen LogP contribution in [0.3, 0.4) is 0 Å². The van der Waals surface area contributed by atoms with Gasteiger partial charge in [-0.05, 0) is 19.3 Å². The Morgan fingerprint density at radius 2 is 0.979 bits per heavy atom. The van der Waals surface area contributed by atoms with Crippen molar-refractivity contribution in [3.05, 3.63) is 0 Å². The van der Waals surface area contributed by atoms with E-state index >= 15 is 0 Å². The molecular weight excluding hydrogens is 614 g/mol. The smallest absolute Gasteiger partial charge is 0.326 e. The molecule has 5 N–H and O–H groups in total. The number of carbonyl (C=O) groups excluding carboxylic acids is 3. The predicted molar refractivity (Wildman–Crippen MR) is 174 cm³/mol. The van der Waals surface area contributed by atoms with Crippen molar-refractivity contribution in [1.29, 1.82) is 0 Å². The molecule has 0 saturated carbocycles. The zero-order valence-corrected chi connectivity index (χ0v) is 28.2. The molecule has 1 radical (unpaired) electrons. The van der Waals surface area contributed by atoms with Gasteiger partial charge in [0.05, 0.1) is 33.0 Å². The third kappa shape index (κ3) is 32.9. The maximum absolute atomic E-state index is 12.2. The van der Waals surface area contributed by atoms with Crippen molar-refractivity contribution in [3.63, 3.8) is 0 Å². The van der Waals surface area contributed by atoms with Crippen LogP contribution in [0.1, 0.15) is 116 Å². The molecule has 0 aromatic heterocycles. The number of carbonyl (C=O) groups is 5. The number of ether oxygens (including phenoxy) is 3. The van der Waals surface area contributed by atoms with Gasteiger partial charge >= 0.3 is 11.9 Å². The second kappa shape index (κ2) is 33.1. The molecule has 0 saturated heterocycles. The fourth-order valence-electron chi connectivity index (χ4n) is 4.69. The average Bonchev–Trinajstić information content (AvgIpc) is 3.03. The van der Waals surface area contributed by atoms with E-state index in [1.807, 2.05) is 0 Å². The van der Waals surface area contributed by atoms with Gasteiger partial charge in [0.1, 0.15) is 19.3 Å². The quantitative estimate of drug-likeness (QED) is 0.0619. The number of unbranched alkanes of at least 4 members (excludes halogenated alkanes) is 13. The molecule has 14 heteroatoms. The second-order valence-electron chi connectivity index (χ2n) is 11.5. The molecule has 273 valence electrons. The van der Waals surface area contributed by atoms with Gasteiger partial charge in [-0.1, -0.05) is 77.0 Å². The largest absolute Gasteiger partial charge is 0.481 e. The van der Waals surface area contributed by atoms with Gasteiger partial charge in [0, 0.05) is 32.4 Å². The minimum atomic E-state index is -1.17. The lowest BCUT2D eigenvalue weighted by molar-refractivity contribution is -0.142. The summed E-state index contributed by atoms with van der Waals surface area (Å²) < 4.78 is 15.5. The van der Waals surface area contributed by atoms with Crippen molar-refractivity contribution in [2.75, 3.05) is 59.3 Å². The van der Waals surface area contributed by atoms with Gasteiger partial charge in [-0.3, -0.25) is 19.2 Å². The highest BCUT2D eigenvalue weighted by molar-refractivity contribution is 5.84. The molecule has 47 heavy (non-hydrogen) atoms. The third-order valence-corrected chi connectivity index (χ3v) is 7.31. The Bertz CT molecular complexity index is 830. The van der Waals surface area contributed by atoms with Crippen molar-refractivity contribution in [1.82, 2.24) is 16.0 Å². The van der Waals surface area contributed by atoms with Crippen LogP contribution in [0.4, 0.5) is 0 Å². The number of carboxylic acid groups (broad SMARTS) is 2. The van der Waals surface area contributed by atoms with Crippen LogP contribution >= 0.6 is 0 Å². The maximum Gasteiger partial charge on any atom is 0.326 e. The lowest BCUT2D eigenvalue weighted by atomic mass is 10.0. The first-order chi connectivity index (χ1) is 22.8. The summed E-state index contributed by atoms with van der Waals surface area (Å²) >= 11 is 0. The zero-order chi connectivity index (χ0) is 34.8. The van der Waals surface area contributed by atoms with Crippen LogP contribution in [0.25, 0.3) is 0 Å². The van der Waals surface area contributed by atoms with Crippen molar-refractivity contribution in [2.24, 2.45) is 0 Å². The van der Waals surface area contributed by atoms with Crippen LogP contribution in [-0.2, 0) is 43.3 Å². The van der Waals surface area contributed by atoms with Gasteiger partial charge in [0.2, 0.25) is 17.7 Å². The van der Waals surface area contributed by atoms with Crippen LogP contribution in [0, 0.1) is 0 Å². The van der Waals surface area contributed by atoms with Gasteiger partial charge in [0.25, 0.3) is 0 Å². The third-order valence-electron chi connectivity index (χ3n) is 7.31. The Labute approximate surface area is 280 Å². The molecule has 0 aromatic carbocycles. The summed E-state index contributed by atoms with van der Waals surface area (Å²) in [6, 6.07) is -1.12. The maximum atomic E-state index is 12.2. The molecule has 0 bridgehead atoms. The minimum Gasteiger partial charge on any atom is -0.481 e. The van der Waals surface area contributed by atoms with Gasteiger partial charge in [-0.25, -0.2) is 9.90 Å². The second-order valence-corrected chi connectivity index (χ2v) is 11.5. The first-order valence-electron chi connectivity index (χ1n) is 17.3. The number of rotatable bonds is 35. The molecule has 1 atom stereocenters. The van der Waals surface area contributed by atoms with E-state index in [0.29, 0.717) is 13.0 Å². The summed E-state index contributed by atoms with van der Waals surface area (Å²) in [5.41, 5.74) is 0. The molecule has 0 rings (SSSR count). The summed E-state index contributed by atoms with van der Waals surface area (Å²) in [5, 5.41) is 36.1. The first kappa shape index (κ1) is 44.2. The summed E-state index contributed by atoms with van der Waals surface area (Å²) in [5.74, 6) is -2.86. The van der Waals surface area contributed by atoms with Crippen LogP contribution in [0.2, 0.25) is 0 Å². The van der Waals surface area contributed by atoms with E-state index in [2.05, 4.69) is 16.0 Å². The lowest BCUT2D eigenvalue weighted by Gasteiger charge is -2.14. The van der Waals surface area contributed by atoms with E-state index in [9.17, 15) is 34.2 Å². The molecular formula is C33H60N3O11. The Balaban J connectivity index is 3.67. The minimum absolute atomic E-state index is 0.0127. The fraction of sp³-hybridized carbons (Fsp3) is 0.848. The van der Waals surface area contributed by atoms with E-state index in [1.165, 1.54) is 44.9 Å². The summed E-state index contributed by atoms with van der Waals surface area (Å²) in [6.07, 6.45) is 15.6. The van der Waals surface area contributed by atoms with E-state index in [4.69, 9.17) is 19.3 Å². The molecule has 0 spiro atoms. The van der Waals surface area contributed by atoms with E-state index in [1.54, 1.807) is 0 Å². The summed E-state index contributed by atoms with van der Waals surface area (Å²) in [4.78, 5) is 57.9. The Morgan fingerprint density at radius 1 is 0.511 bits per heavy atom. The molecule has 0 aliphatic carbocycles. The molecule has 0 fully saturated rings. The van der Waals surface area contributed by atoms with E-state index < -0.39 is 18.0 Å². The van der Waals surface area contributed by atoms with Gasteiger partial charge in [-0.15, -0.1) is 0 Å². The van der Waals surface area contributed by atoms with Crippen molar-refractivity contribution >= 4 is 29.7 Å². The predicted octanol–water partition coefficient (Wildman–Crippen LogP) is 3.37. The number of hydrogen-bond donors (Lipinski definition) is 5. The number of nitrogens with one attached hydrogen (secondary N) is 3. The van der Waals surface area contributed by atoms with E-state index in [-0.39, 0.29) is 96.2 Å². The van der Waals surface area contributed by atoms with Gasteiger partial charge in [0.15, 0.2) is 0 Å². The highest BCUT2D eigenvalue weighted by Gasteiger charge is 2.20. The lowest BCUT2D eigenvalue weighted by Crippen LogP contribution is -2.41. The number of carboxylic acids is 2. The standard InChI is InChI=1S/C33H60N3O11/c37-21-24-45-22-20-35-31(40)27-47-26-25-46-23-19-34-29(38)18-17-28(33(43)44)36-30(39)15-13-11-9-7-5-3-1-2-4-6-8-10-12-14-16-32(41)42/h28H,1-27H2,(H,34,38)(H,35,40)(H,36,39)(H,41,42)(H,43,44)/t28-/m0/s1. The van der Waals surface area contributed by atoms with Gasteiger partial charge in [-0.2, -0.15) is 0 Å². The van der Waals surface area contributed by atoms with Crippen molar-refractivity contribution in [3.8, 4) is 0 Å². The summed E-state index contributed by atoms with van der Waals surface area (Å²) in [7, 11) is 0. The topological polar surface area (TPSA) is 209 Å². The average molecular weight is 675 g/mol. The number of amides is 3. The molecule has 0 aromatic rings. The molecule has 14 nitrogen and oxygen atoms in total. The van der Waals surface area contributed by atoms with Crippen LogP contribution in [-0.4, -0.2) is 105 Å².